The lowest BCUT2D eigenvalue weighted by molar-refractivity contribution is 0.391. The molecule has 2 N–H and O–H groups in total. The summed E-state index contributed by atoms with van der Waals surface area (Å²) in [6.07, 6.45) is 1.99. The van der Waals surface area contributed by atoms with Crippen LogP contribution in [0.25, 0.3) is 0 Å². The number of hydrogen-bond acceptors (Lipinski definition) is 3. The number of halogens is 1. The van der Waals surface area contributed by atoms with Gasteiger partial charge in [-0.15, -0.1) is 0 Å². The number of benzene rings is 1. The van der Waals surface area contributed by atoms with Gasteiger partial charge in [-0.05, 0) is 40.9 Å². The van der Waals surface area contributed by atoms with E-state index in [0.717, 1.165) is 34.4 Å². The van der Waals surface area contributed by atoms with Crippen molar-refractivity contribution < 1.29 is 9.47 Å². The molecule has 1 aromatic rings. The summed E-state index contributed by atoms with van der Waals surface area (Å²) in [5.74, 6) is 1.62. The van der Waals surface area contributed by atoms with E-state index in [1.165, 1.54) is 0 Å². The molecule has 0 amide bonds. The molecule has 0 aliphatic heterocycles. The first kappa shape index (κ1) is 10.8. The maximum absolute atomic E-state index is 6.20. The lowest BCUT2D eigenvalue weighted by Gasteiger charge is -2.18. The fourth-order valence-electron chi connectivity index (χ4n) is 1.72. The zero-order chi connectivity index (χ0) is 11.1. The Hall–Kier alpha value is -0.740. The van der Waals surface area contributed by atoms with E-state index in [9.17, 15) is 0 Å². The highest BCUT2D eigenvalue weighted by atomic mass is 79.9. The largest absolute Gasteiger partial charge is 0.496 e. The number of ether oxygens (including phenoxy) is 2. The van der Waals surface area contributed by atoms with Gasteiger partial charge in [-0.1, -0.05) is 0 Å². The topological polar surface area (TPSA) is 44.5 Å². The second kappa shape index (κ2) is 3.68. The Balaban J connectivity index is 2.56. The molecule has 2 rings (SSSR count). The van der Waals surface area contributed by atoms with Gasteiger partial charge in [-0.2, -0.15) is 0 Å². The average Bonchev–Trinajstić information content (AvgIpc) is 2.96. The Morgan fingerprint density at radius 2 is 1.73 bits per heavy atom. The zero-order valence-corrected chi connectivity index (χ0v) is 10.4. The van der Waals surface area contributed by atoms with E-state index >= 15 is 0 Å². The molecule has 0 bridgehead atoms. The molecule has 82 valence electrons. The van der Waals surface area contributed by atoms with Gasteiger partial charge >= 0.3 is 0 Å². The van der Waals surface area contributed by atoms with Crippen LogP contribution in [-0.4, -0.2) is 14.2 Å². The molecular weight excluding hydrogens is 258 g/mol. The monoisotopic (exact) mass is 271 g/mol. The van der Waals surface area contributed by atoms with Crippen LogP contribution in [0, 0.1) is 0 Å². The first-order valence-corrected chi connectivity index (χ1v) is 5.61. The fraction of sp³-hybridized carbons (Fsp3) is 0.455. The molecular formula is C11H14BrNO2. The van der Waals surface area contributed by atoms with E-state index < -0.39 is 0 Å². The highest BCUT2D eigenvalue weighted by molar-refractivity contribution is 9.10. The Morgan fingerprint density at radius 3 is 2.20 bits per heavy atom. The van der Waals surface area contributed by atoms with Crippen molar-refractivity contribution in [1.82, 2.24) is 0 Å². The number of hydrogen-bond donors (Lipinski definition) is 1. The maximum Gasteiger partial charge on any atom is 0.133 e. The van der Waals surface area contributed by atoms with Crippen molar-refractivity contribution in [2.45, 2.75) is 18.4 Å². The predicted octanol–water partition coefficient (Wildman–Crippen LogP) is 2.41. The summed E-state index contributed by atoms with van der Waals surface area (Å²) in [6, 6.07) is 3.77. The van der Waals surface area contributed by atoms with E-state index in [1.807, 2.05) is 12.1 Å². The van der Waals surface area contributed by atoms with Crippen molar-refractivity contribution in [2.24, 2.45) is 5.73 Å². The predicted molar refractivity (Wildman–Crippen MR) is 62.3 cm³/mol. The standard InChI is InChI=1S/C11H14BrNO2/c1-14-7-3-4-8(15-2)10(12)9(7)11(13)5-6-11/h3-4H,5-6,13H2,1-2H3. The van der Waals surface area contributed by atoms with Crippen LogP contribution in [-0.2, 0) is 5.54 Å². The van der Waals surface area contributed by atoms with E-state index in [0.29, 0.717) is 0 Å². The summed E-state index contributed by atoms with van der Waals surface area (Å²) < 4.78 is 11.5. The van der Waals surface area contributed by atoms with Gasteiger partial charge in [0.2, 0.25) is 0 Å². The Labute approximate surface area is 97.7 Å². The lowest BCUT2D eigenvalue weighted by atomic mass is 10.0. The SMILES string of the molecule is COc1ccc(OC)c(C2(N)CC2)c1Br. The molecule has 1 aliphatic carbocycles. The van der Waals surface area contributed by atoms with Crippen molar-refractivity contribution in [3.63, 3.8) is 0 Å². The Bertz CT molecular complexity index is 388. The van der Waals surface area contributed by atoms with E-state index in [-0.39, 0.29) is 5.54 Å². The molecule has 0 unspecified atom stereocenters. The van der Waals surface area contributed by atoms with Crippen molar-refractivity contribution in [3.8, 4) is 11.5 Å². The van der Waals surface area contributed by atoms with Crippen LogP contribution in [0.1, 0.15) is 18.4 Å². The molecule has 0 heterocycles. The Kier molecular flexibility index (Phi) is 2.64. The fourth-order valence-corrected chi connectivity index (χ4v) is 2.60. The molecule has 0 saturated heterocycles. The lowest BCUT2D eigenvalue weighted by Crippen LogP contribution is -2.20. The van der Waals surface area contributed by atoms with Gasteiger partial charge in [0.1, 0.15) is 11.5 Å². The molecule has 0 atom stereocenters. The number of methoxy groups -OCH3 is 2. The minimum Gasteiger partial charge on any atom is -0.496 e. The van der Waals surface area contributed by atoms with Crippen molar-refractivity contribution in [1.29, 1.82) is 0 Å². The smallest absolute Gasteiger partial charge is 0.133 e. The van der Waals surface area contributed by atoms with Crippen LogP contribution in [0.2, 0.25) is 0 Å². The number of rotatable bonds is 3. The van der Waals surface area contributed by atoms with Crippen LogP contribution < -0.4 is 15.2 Å². The highest BCUT2D eigenvalue weighted by Crippen LogP contribution is 2.51. The zero-order valence-electron chi connectivity index (χ0n) is 8.84. The molecule has 1 aliphatic rings. The average molecular weight is 272 g/mol. The second-order valence-electron chi connectivity index (χ2n) is 3.82. The van der Waals surface area contributed by atoms with E-state index in [1.54, 1.807) is 14.2 Å². The molecule has 0 radical (unpaired) electrons. The molecule has 3 nitrogen and oxygen atoms in total. The van der Waals surface area contributed by atoms with Crippen LogP contribution >= 0.6 is 15.9 Å². The highest BCUT2D eigenvalue weighted by Gasteiger charge is 2.44. The van der Waals surface area contributed by atoms with E-state index in [4.69, 9.17) is 15.2 Å². The first-order valence-electron chi connectivity index (χ1n) is 4.82. The second-order valence-corrected chi connectivity index (χ2v) is 4.61. The summed E-state index contributed by atoms with van der Waals surface area (Å²) >= 11 is 3.52. The van der Waals surface area contributed by atoms with Gasteiger partial charge in [-0.25, -0.2) is 0 Å². The van der Waals surface area contributed by atoms with Gasteiger partial charge in [0.25, 0.3) is 0 Å². The van der Waals surface area contributed by atoms with Gasteiger partial charge in [0.05, 0.1) is 18.7 Å². The summed E-state index contributed by atoms with van der Waals surface area (Å²) in [4.78, 5) is 0. The molecule has 1 saturated carbocycles. The van der Waals surface area contributed by atoms with Crippen molar-refractivity contribution in [2.75, 3.05) is 14.2 Å². The Morgan fingerprint density at radius 1 is 1.20 bits per heavy atom. The molecule has 0 aromatic heterocycles. The van der Waals surface area contributed by atoms with Gasteiger partial charge < -0.3 is 15.2 Å². The van der Waals surface area contributed by atoms with Crippen LogP contribution in [0.15, 0.2) is 16.6 Å². The minimum absolute atomic E-state index is 0.237. The third-order valence-corrected chi connectivity index (χ3v) is 3.58. The van der Waals surface area contributed by atoms with Crippen LogP contribution in [0.4, 0.5) is 0 Å². The minimum atomic E-state index is -0.237. The van der Waals surface area contributed by atoms with Crippen LogP contribution in [0.5, 0.6) is 11.5 Å². The van der Waals surface area contributed by atoms with Crippen LogP contribution in [0.3, 0.4) is 0 Å². The molecule has 1 fully saturated rings. The summed E-state index contributed by atoms with van der Waals surface area (Å²) in [5.41, 5.74) is 6.98. The van der Waals surface area contributed by atoms with Crippen molar-refractivity contribution >= 4 is 15.9 Å². The molecule has 0 spiro atoms. The quantitative estimate of drug-likeness (QED) is 0.919. The first-order chi connectivity index (χ1) is 7.12. The van der Waals surface area contributed by atoms with Gasteiger partial charge in [0.15, 0.2) is 0 Å². The number of nitrogens with two attached hydrogens (primary N) is 1. The third-order valence-electron chi connectivity index (χ3n) is 2.79. The van der Waals surface area contributed by atoms with Gasteiger partial charge in [-0.3, -0.25) is 0 Å². The molecule has 4 heteroatoms. The normalized spacial score (nSPS) is 17.3. The maximum atomic E-state index is 6.20. The van der Waals surface area contributed by atoms with E-state index in [2.05, 4.69) is 15.9 Å². The van der Waals surface area contributed by atoms with Crippen molar-refractivity contribution in [3.05, 3.63) is 22.2 Å². The summed E-state index contributed by atoms with van der Waals surface area (Å²) in [6.45, 7) is 0. The molecule has 15 heavy (non-hydrogen) atoms. The van der Waals surface area contributed by atoms with Gasteiger partial charge in [0, 0.05) is 11.1 Å². The third kappa shape index (κ3) is 1.72. The summed E-state index contributed by atoms with van der Waals surface area (Å²) in [5, 5.41) is 0. The molecule has 1 aromatic carbocycles. The summed E-state index contributed by atoms with van der Waals surface area (Å²) in [7, 11) is 3.30.